The Labute approximate surface area is 300 Å². The van der Waals surface area contributed by atoms with Crippen molar-refractivity contribution < 1.29 is 43.7 Å². The summed E-state index contributed by atoms with van der Waals surface area (Å²) in [4.78, 5) is 70.6. The number of aromatic carboxylic acids is 1. The van der Waals surface area contributed by atoms with Gasteiger partial charge in [0.2, 0.25) is 11.8 Å². The molecule has 2 heterocycles. The molecule has 8 rings (SSSR count). The van der Waals surface area contributed by atoms with Crippen LogP contribution >= 0.6 is 11.6 Å². The largest absolute Gasteiger partial charge is 0.508 e. The van der Waals surface area contributed by atoms with Crippen molar-refractivity contribution in [2.24, 2.45) is 23.7 Å². The molecule has 1 saturated carbocycles. The number of carbonyl (C=O) groups excluding carboxylic acids is 4. The van der Waals surface area contributed by atoms with Gasteiger partial charge in [-0.05, 0) is 90.6 Å². The summed E-state index contributed by atoms with van der Waals surface area (Å²) in [5.41, 5.74) is 2.79. The van der Waals surface area contributed by atoms with Gasteiger partial charge in [0.25, 0.3) is 11.8 Å². The van der Waals surface area contributed by atoms with Gasteiger partial charge in [0.05, 0.1) is 34.5 Å². The fourth-order valence-electron chi connectivity index (χ4n) is 8.83. The number of nitrogens with one attached hydrogen (secondary N) is 1. The molecule has 2 aliphatic heterocycles. The summed E-state index contributed by atoms with van der Waals surface area (Å²) in [6.45, 7) is 0. The van der Waals surface area contributed by atoms with Gasteiger partial charge in [-0.1, -0.05) is 47.5 Å². The molecule has 4 N–H and O–H groups in total. The predicted octanol–water partition coefficient (Wildman–Crippen LogP) is 5.78. The zero-order valence-electron chi connectivity index (χ0n) is 27.1. The van der Waals surface area contributed by atoms with E-state index in [1.807, 2.05) is 6.08 Å². The molecule has 11 nitrogen and oxygen atoms in total. The van der Waals surface area contributed by atoms with Crippen molar-refractivity contribution in [3.05, 3.63) is 130 Å². The fraction of sp³-hybridized carbons (Fsp3) is 0.205. The lowest BCUT2D eigenvalue weighted by Crippen LogP contribution is -2.53. The smallest absolute Gasteiger partial charge is 0.339 e. The first-order chi connectivity index (χ1) is 24.9. The van der Waals surface area contributed by atoms with E-state index in [0.29, 0.717) is 21.7 Å². The van der Waals surface area contributed by atoms with E-state index >= 15 is 4.79 Å². The zero-order valence-corrected chi connectivity index (χ0v) is 27.8. The summed E-state index contributed by atoms with van der Waals surface area (Å²) in [6.07, 6.45) is 1.96. The molecule has 4 amide bonds. The van der Waals surface area contributed by atoms with Gasteiger partial charge in [-0.25, -0.2) is 14.1 Å². The van der Waals surface area contributed by atoms with Crippen molar-refractivity contribution in [1.82, 2.24) is 5.01 Å². The number of aromatic hydroxyl groups is 2. The van der Waals surface area contributed by atoms with Gasteiger partial charge in [-0.2, -0.15) is 5.01 Å². The van der Waals surface area contributed by atoms with Crippen molar-refractivity contribution in [2.75, 3.05) is 10.3 Å². The summed E-state index contributed by atoms with van der Waals surface area (Å²) in [5.74, 6) is -9.42. The number of amides is 4. The van der Waals surface area contributed by atoms with E-state index in [0.717, 1.165) is 22.0 Å². The number of anilines is 2. The highest BCUT2D eigenvalue weighted by Gasteiger charge is 2.70. The van der Waals surface area contributed by atoms with Crippen LogP contribution in [0.1, 0.15) is 40.2 Å². The molecule has 6 atom stereocenters. The number of hydrogen-bond acceptors (Lipinski definition) is 8. The predicted molar refractivity (Wildman–Crippen MR) is 185 cm³/mol. The van der Waals surface area contributed by atoms with Crippen LogP contribution in [-0.2, 0) is 24.6 Å². The first-order valence-corrected chi connectivity index (χ1v) is 16.9. The molecule has 0 radical (unpaired) electrons. The van der Waals surface area contributed by atoms with E-state index in [2.05, 4.69) is 5.43 Å². The molecule has 4 aromatic carbocycles. The molecule has 3 fully saturated rings. The number of fused-ring (bicyclic) bond motifs is 4. The Bertz CT molecular complexity index is 2240. The molecule has 13 heteroatoms. The number of carboxylic acid groups (broad SMARTS) is 1. The van der Waals surface area contributed by atoms with Crippen LogP contribution < -0.4 is 10.3 Å². The Hall–Kier alpha value is -6.01. The van der Waals surface area contributed by atoms with Crippen molar-refractivity contribution in [2.45, 2.75) is 24.2 Å². The van der Waals surface area contributed by atoms with Crippen LogP contribution in [0, 0.1) is 29.5 Å². The third-order valence-electron chi connectivity index (χ3n) is 10.9. The first-order valence-electron chi connectivity index (χ1n) is 16.5. The standard InChI is InChI=1S/C39H29ClFN3O8/c40-21-6-4-20(5-7-21)39-30(35(48)44(38(39)52)42-23-10-8-22(41)9-11-23)18-29-26(33(39)19-2-1-3-25(45)16-19)14-15-28-32(29)36(49)43(34(28)47)24-12-13-27(37(50)51)31(46)17-24/h1-14,16-17,28-30,32-33,42,45-46H,15,18H2,(H,50,51)/t28-,29+,30-,32-,33-,39+/m0/s1. The highest BCUT2D eigenvalue weighted by molar-refractivity contribution is 6.30. The maximum atomic E-state index is 15.1. The van der Waals surface area contributed by atoms with Gasteiger partial charge in [-0.15, -0.1) is 0 Å². The number of hydrazine groups is 1. The zero-order chi connectivity index (χ0) is 36.6. The van der Waals surface area contributed by atoms with E-state index in [1.165, 1.54) is 42.5 Å². The molecule has 0 aromatic heterocycles. The number of halogens is 2. The lowest BCUT2D eigenvalue weighted by molar-refractivity contribution is -0.138. The molecule has 0 unspecified atom stereocenters. The lowest BCUT2D eigenvalue weighted by atomic mass is 9.49. The minimum Gasteiger partial charge on any atom is -0.508 e. The molecule has 0 spiro atoms. The number of benzene rings is 4. The number of carbonyl (C=O) groups is 5. The highest BCUT2D eigenvalue weighted by Crippen LogP contribution is 2.64. The SMILES string of the molecule is O=C(O)c1ccc(N2C(=O)[C@H]3[C@H](CC=C4[C@H]3C[C@H]3C(=O)N(Nc5ccc(F)cc5)C(=O)[C@@]3(c3ccc(Cl)cc3)[C@H]4c3cccc(O)c3)C2=O)cc1O. The average molecular weight is 722 g/mol. The van der Waals surface area contributed by atoms with Crippen LogP contribution in [0.4, 0.5) is 15.8 Å². The molecule has 0 bridgehead atoms. The Morgan fingerprint density at radius 3 is 2.27 bits per heavy atom. The molecule has 2 saturated heterocycles. The molecular weight excluding hydrogens is 693 g/mol. The summed E-state index contributed by atoms with van der Waals surface area (Å²) < 4.78 is 13.8. The number of nitrogens with zero attached hydrogens (tertiary/aromatic N) is 2. The van der Waals surface area contributed by atoms with E-state index in [4.69, 9.17) is 11.6 Å². The van der Waals surface area contributed by atoms with Crippen LogP contribution in [0.15, 0.2) is 103 Å². The van der Waals surface area contributed by atoms with E-state index in [1.54, 1.807) is 36.4 Å². The van der Waals surface area contributed by atoms with Gasteiger partial charge in [0, 0.05) is 17.0 Å². The Morgan fingerprint density at radius 2 is 1.60 bits per heavy atom. The molecule has 4 aliphatic rings. The van der Waals surface area contributed by atoms with Crippen LogP contribution in [0.25, 0.3) is 0 Å². The van der Waals surface area contributed by atoms with Crippen LogP contribution in [0.5, 0.6) is 11.5 Å². The van der Waals surface area contributed by atoms with Gasteiger partial charge in [0.1, 0.15) is 22.9 Å². The normalized spacial score (nSPS) is 26.5. The molecule has 4 aromatic rings. The monoisotopic (exact) mass is 721 g/mol. The van der Waals surface area contributed by atoms with Crippen LogP contribution in [0.3, 0.4) is 0 Å². The van der Waals surface area contributed by atoms with Gasteiger partial charge < -0.3 is 15.3 Å². The molecule has 52 heavy (non-hydrogen) atoms. The Morgan fingerprint density at radius 1 is 0.865 bits per heavy atom. The number of rotatable bonds is 6. The first kappa shape index (κ1) is 33.2. The minimum absolute atomic E-state index is 0.00564. The topological polar surface area (TPSA) is 165 Å². The third-order valence-corrected chi connectivity index (χ3v) is 11.2. The number of phenolic OH excluding ortho intramolecular Hbond substituents is 1. The highest BCUT2D eigenvalue weighted by atomic mass is 35.5. The third kappa shape index (κ3) is 4.81. The molecule has 2 aliphatic carbocycles. The lowest BCUT2D eigenvalue weighted by Gasteiger charge is -2.50. The van der Waals surface area contributed by atoms with Crippen molar-refractivity contribution >= 4 is 52.6 Å². The number of phenols is 2. The Kier molecular flexibility index (Phi) is 7.68. The van der Waals surface area contributed by atoms with Crippen molar-refractivity contribution in [3.63, 3.8) is 0 Å². The quantitative estimate of drug-likeness (QED) is 0.143. The van der Waals surface area contributed by atoms with Gasteiger partial charge in [-0.3, -0.25) is 24.6 Å². The summed E-state index contributed by atoms with van der Waals surface area (Å²) >= 11 is 6.31. The number of hydrogen-bond donors (Lipinski definition) is 4. The summed E-state index contributed by atoms with van der Waals surface area (Å²) in [5, 5.41) is 31.8. The van der Waals surface area contributed by atoms with Crippen LogP contribution in [0.2, 0.25) is 5.02 Å². The number of carboxylic acids is 1. The molecular formula is C39H29ClFN3O8. The maximum Gasteiger partial charge on any atom is 0.339 e. The number of allylic oxidation sites excluding steroid dienone is 2. The minimum atomic E-state index is -1.61. The van der Waals surface area contributed by atoms with E-state index in [-0.39, 0.29) is 30.0 Å². The second kappa shape index (κ2) is 12.1. The van der Waals surface area contributed by atoms with Gasteiger partial charge in [0.15, 0.2) is 0 Å². The number of imide groups is 2. The second-order valence-electron chi connectivity index (χ2n) is 13.5. The van der Waals surface area contributed by atoms with E-state index < -0.39 is 81.7 Å². The average Bonchev–Trinajstić information content (AvgIpc) is 3.50. The Balaban J connectivity index is 1.29. The summed E-state index contributed by atoms with van der Waals surface area (Å²) in [7, 11) is 0. The van der Waals surface area contributed by atoms with E-state index in [9.17, 15) is 38.9 Å². The van der Waals surface area contributed by atoms with Crippen molar-refractivity contribution in [1.29, 1.82) is 0 Å². The molecule has 262 valence electrons. The van der Waals surface area contributed by atoms with Gasteiger partial charge >= 0.3 is 5.97 Å². The van der Waals surface area contributed by atoms with Crippen molar-refractivity contribution in [3.8, 4) is 11.5 Å². The summed E-state index contributed by atoms with van der Waals surface area (Å²) in [6, 6.07) is 21.6. The fourth-order valence-corrected chi connectivity index (χ4v) is 8.95. The van der Waals surface area contributed by atoms with Crippen LogP contribution in [-0.4, -0.2) is 49.9 Å². The second-order valence-corrected chi connectivity index (χ2v) is 13.9. The maximum absolute atomic E-state index is 15.1.